The third-order valence-electron chi connectivity index (χ3n) is 5.50. The van der Waals surface area contributed by atoms with E-state index in [1.807, 2.05) is 13.0 Å². The molecule has 1 aromatic carbocycles. The standard InChI is InChI=1S/C26H28N4O3/c1-5-14-29(17-24-27-28-26(33-24)23-7-6-15-32-23)25(31)13-10-21-16-19(3)30(20(21)4)22-11-8-18(2)9-12-22/h6-13,15-16H,5,14,17H2,1-4H3/b13-10+. The number of hydrogen-bond donors (Lipinski definition) is 0. The van der Waals surface area contributed by atoms with Gasteiger partial charge in [-0.1, -0.05) is 24.6 Å². The molecule has 0 aliphatic rings. The van der Waals surface area contributed by atoms with Crippen LogP contribution in [0, 0.1) is 20.8 Å². The molecule has 0 fully saturated rings. The highest BCUT2D eigenvalue weighted by Gasteiger charge is 2.17. The van der Waals surface area contributed by atoms with E-state index in [2.05, 4.69) is 65.9 Å². The van der Waals surface area contributed by atoms with Crippen LogP contribution < -0.4 is 0 Å². The molecule has 33 heavy (non-hydrogen) atoms. The summed E-state index contributed by atoms with van der Waals surface area (Å²) in [5, 5.41) is 8.08. The zero-order valence-electron chi connectivity index (χ0n) is 19.4. The second-order valence-corrected chi connectivity index (χ2v) is 8.07. The van der Waals surface area contributed by atoms with Gasteiger partial charge in [-0.05, 0) is 69.2 Å². The third-order valence-corrected chi connectivity index (χ3v) is 5.50. The first kappa shape index (κ1) is 22.3. The van der Waals surface area contributed by atoms with Crippen LogP contribution >= 0.6 is 0 Å². The van der Waals surface area contributed by atoms with Crippen molar-refractivity contribution in [2.45, 2.75) is 40.7 Å². The number of furan rings is 1. The highest BCUT2D eigenvalue weighted by atomic mass is 16.4. The first-order chi connectivity index (χ1) is 16.0. The molecule has 0 N–H and O–H groups in total. The van der Waals surface area contributed by atoms with Crippen LogP contribution in [0.15, 0.2) is 63.6 Å². The number of carbonyl (C=O) groups is 1. The van der Waals surface area contributed by atoms with Crippen molar-refractivity contribution in [3.05, 3.63) is 83.2 Å². The van der Waals surface area contributed by atoms with E-state index in [9.17, 15) is 4.79 Å². The van der Waals surface area contributed by atoms with E-state index in [1.165, 1.54) is 5.56 Å². The van der Waals surface area contributed by atoms with E-state index in [0.29, 0.717) is 24.1 Å². The van der Waals surface area contributed by atoms with Gasteiger partial charge in [0.05, 0.1) is 12.8 Å². The molecule has 4 aromatic rings. The summed E-state index contributed by atoms with van der Waals surface area (Å²) in [6.07, 6.45) is 5.86. The minimum Gasteiger partial charge on any atom is -0.459 e. The number of amides is 1. The Kier molecular flexibility index (Phi) is 6.58. The molecule has 0 saturated heterocycles. The fourth-order valence-electron chi connectivity index (χ4n) is 3.83. The Morgan fingerprint density at radius 1 is 1.12 bits per heavy atom. The third kappa shape index (κ3) is 4.98. The van der Waals surface area contributed by atoms with Crippen molar-refractivity contribution in [2.75, 3.05) is 6.54 Å². The average Bonchev–Trinajstić information content (AvgIpc) is 3.54. The lowest BCUT2D eigenvalue weighted by Crippen LogP contribution is -2.29. The highest BCUT2D eigenvalue weighted by Crippen LogP contribution is 2.23. The van der Waals surface area contributed by atoms with Gasteiger partial charge in [0.25, 0.3) is 5.89 Å². The minimum absolute atomic E-state index is 0.102. The number of carbonyl (C=O) groups excluding carboxylic acids is 1. The zero-order valence-corrected chi connectivity index (χ0v) is 19.4. The Labute approximate surface area is 193 Å². The van der Waals surface area contributed by atoms with Crippen LogP contribution in [-0.2, 0) is 11.3 Å². The van der Waals surface area contributed by atoms with Gasteiger partial charge >= 0.3 is 0 Å². The number of hydrogen-bond acceptors (Lipinski definition) is 5. The molecule has 3 heterocycles. The lowest BCUT2D eigenvalue weighted by Gasteiger charge is -2.18. The van der Waals surface area contributed by atoms with Crippen LogP contribution in [0.1, 0.15) is 41.8 Å². The fourth-order valence-corrected chi connectivity index (χ4v) is 3.83. The van der Waals surface area contributed by atoms with Crippen LogP contribution in [0.4, 0.5) is 0 Å². The summed E-state index contributed by atoms with van der Waals surface area (Å²) in [6, 6.07) is 14.0. The minimum atomic E-state index is -0.102. The molecule has 7 heteroatoms. The molecular weight excluding hydrogens is 416 g/mol. The molecule has 4 rings (SSSR count). The number of aryl methyl sites for hydroxylation is 2. The maximum Gasteiger partial charge on any atom is 0.283 e. The average molecular weight is 445 g/mol. The molecule has 1 amide bonds. The van der Waals surface area contributed by atoms with Gasteiger partial charge in [0.1, 0.15) is 0 Å². The quantitative estimate of drug-likeness (QED) is 0.336. The molecule has 0 aliphatic carbocycles. The molecule has 0 atom stereocenters. The van der Waals surface area contributed by atoms with Gasteiger partial charge < -0.3 is 18.3 Å². The summed E-state index contributed by atoms with van der Waals surface area (Å²) in [4.78, 5) is 14.7. The van der Waals surface area contributed by atoms with E-state index in [1.54, 1.807) is 29.4 Å². The number of aromatic nitrogens is 3. The van der Waals surface area contributed by atoms with Gasteiger partial charge in [0.2, 0.25) is 11.8 Å². The van der Waals surface area contributed by atoms with Crippen molar-refractivity contribution < 1.29 is 13.6 Å². The van der Waals surface area contributed by atoms with Crippen molar-refractivity contribution >= 4 is 12.0 Å². The summed E-state index contributed by atoms with van der Waals surface area (Å²) >= 11 is 0. The first-order valence-corrected chi connectivity index (χ1v) is 11.1. The predicted molar refractivity (Wildman–Crippen MR) is 127 cm³/mol. The van der Waals surface area contributed by atoms with Gasteiger partial charge in [-0.25, -0.2) is 0 Å². The lowest BCUT2D eigenvalue weighted by molar-refractivity contribution is -0.126. The Morgan fingerprint density at radius 3 is 2.61 bits per heavy atom. The van der Waals surface area contributed by atoms with Gasteiger partial charge in [-0.2, -0.15) is 0 Å². The summed E-state index contributed by atoms with van der Waals surface area (Å²) in [5.74, 6) is 1.08. The first-order valence-electron chi connectivity index (χ1n) is 11.1. The van der Waals surface area contributed by atoms with Gasteiger partial charge in [0, 0.05) is 29.7 Å². The topological polar surface area (TPSA) is 77.3 Å². The second-order valence-electron chi connectivity index (χ2n) is 8.07. The predicted octanol–water partition coefficient (Wildman–Crippen LogP) is 5.50. The SMILES string of the molecule is CCCN(Cc1nnc(-c2ccco2)o1)C(=O)/C=C/c1cc(C)n(-c2ccc(C)cc2)c1C. The molecule has 7 nitrogen and oxygen atoms in total. The van der Waals surface area contributed by atoms with Gasteiger partial charge in [-0.15, -0.1) is 10.2 Å². The molecule has 0 saturated carbocycles. The molecule has 0 spiro atoms. The van der Waals surface area contributed by atoms with E-state index in [0.717, 1.165) is 29.1 Å². The van der Waals surface area contributed by atoms with Crippen molar-refractivity contribution in [3.63, 3.8) is 0 Å². The van der Waals surface area contributed by atoms with E-state index in [4.69, 9.17) is 8.83 Å². The van der Waals surface area contributed by atoms with Gasteiger partial charge in [-0.3, -0.25) is 4.79 Å². The van der Waals surface area contributed by atoms with Crippen LogP contribution in [-0.4, -0.2) is 32.1 Å². The van der Waals surface area contributed by atoms with Crippen LogP contribution in [0.25, 0.3) is 23.4 Å². The molecule has 0 radical (unpaired) electrons. The smallest absolute Gasteiger partial charge is 0.283 e. The molecular formula is C26H28N4O3. The van der Waals surface area contributed by atoms with Crippen molar-refractivity contribution in [1.29, 1.82) is 0 Å². The Hall–Kier alpha value is -3.87. The van der Waals surface area contributed by atoms with Gasteiger partial charge in [0.15, 0.2) is 5.76 Å². The summed E-state index contributed by atoms with van der Waals surface area (Å²) in [5.41, 5.74) is 5.54. The highest BCUT2D eigenvalue weighted by molar-refractivity contribution is 5.92. The maximum atomic E-state index is 13.0. The Balaban J connectivity index is 1.50. The Bertz CT molecular complexity index is 1250. The molecule has 3 aromatic heterocycles. The number of rotatable bonds is 8. The summed E-state index contributed by atoms with van der Waals surface area (Å²) in [7, 11) is 0. The van der Waals surface area contributed by atoms with Crippen molar-refractivity contribution in [3.8, 4) is 17.3 Å². The Morgan fingerprint density at radius 2 is 1.91 bits per heavy atom. The molecule has 170 valence electrons. The van der Waals surface area contributed by atoms with Crippen molar-refractivity contribution in [2.24, 2.45) is 0 Å². The second kappa shape index (κ2) is 9.73. The largest absolute Gasteiger partial charge is 0.459 e. The zero-order chi connectivity index (χ0) is 23.4. The molecule has 0 bridgehead atoms. The summed E-state index contributed by atoms with van der Waals surface area (Å²) in [6.45, 7) is 9.07. The van der Waals surface area contributed by atoms with Crippen molar-refractivity contribution in [1.82, 2.24) is 19.7 Å². The lowest BCUT2D eigenvalue weighted by atomic mass is 10.2. The van der Waals surface area contributed by atoms with Crippen LogP contribution in [0.5, 0.6) is 0 Å². The number of benzene rings is 1. The van der Waals surface area contributed by atoms with E-state index in [-0.39, 0.29) is 12.5 Å². The summed E-state index contributed by atoms with van der Waals surface area (Å²) < 4.78 is 13.2. The number of nitrogens with zero attached hydrogens (tertiary/aromatic N) is 4. The fraction of sp³-hybridized carbons (Fsp3) is 0.269. The monoisotopic (exact) mass is 444 g/mol. The normalized spacial score (nSPS) is 11.4. The van der Waals surface area contributed by atoms with Crippen LogP contribution in [0.2, 0.25) is 0 Å². The molecule has 0 aliphatic heterocycles. The van der Waals surface area contributed by atoms with E-state index < -0.39 is 0 Å². The maximum absolute atomic E-state index is 13.0. The van der Waals surface area contributed by atoms with Crippen LogP contribution in [0.3, 0.4) is 0 Å². The molecule has 0 unspecified atom stereocenters. The van der Waals surface area contributed by atoms with E-state index >= 15 is 0 Å².